The molecule has 0 saturated carbocycles. The number of fused-ring (bicyclic) bond motifs is 6. The van der Waals surface area contributed by atoms with E-state index in [1.165, 1.54) is 0 Å². The maximum Gasteiger partial charge on any atom is 0.352 e. The third-order valence-electron chi connectivity index (χ3n) is 8.85. The van der Waals surface area contributed by atoms with E-state index in [-0.39, 0.29) is 5.69 Å². The van der Waals surface area contributed by atoms with Crippen LogP contribution in [0.4, 0.5) is 0 Å². The number of nitrogens with zero attached hydrogens (tertiary/aromatic N) is 6. The molecule has 0 unspecified atom stereocenters. The number of allylic oxidation sites excluding steroid dienone is 1. The summed E-state index contributed by atoms with van der Waals surface area (Å²) in [7, 11) is 5.94. The second-order valence-corrected chi connectivity index (χ2v) is 13.9. The van der Waals surface area contributed by atoms with Crippen LogP contribution in [0.3, 0.4) is 0 Å². The number of carboxylic acid groups (broad SMARTS) is 1. The summed E-state index contributed by atoms with van der Waals surface area (Å²) in [6.45, 7) is 8.14. The van der Waals surface area contributed by atoms with Crippen molar-refractivity contribution in [3.05, 3.63) is 93.0 Å². The molecule has 1 aliphatic rings. The molecule has 0 amide bonds. The zero-order valence-corrected chi connectivity index (χ0v) is 29.8. The number of ether oxygens (including phenoxy) is 1. The molecular weight excluding hydrogens is 644 g/mol. The lowest BCUT2D eigenvalue weighted by Gasteiger charge is -2.16. The quantitative estimate of drug-likeness (QED) is 0.192. The molecule has 0 fully saturated rings. The number of hydrazone groups is 1. The molecule has 11 heteroatoms. The first kappa shape index (κ1) is 33.6. The van der Waals surface area contributed by atoms with Crippen LogP contribution in [-0.4, -0.2) is 68.8 Å². The summed E-state index contributed by atoms with van der Waals surface area (Å²) < 4.78 is 10.3. The number of benzene rings is 3. The van der Waals surface area contributed by atoms with Crippen molar-refractivity contribution in [3.8, 4) is 5.75 Å². The minimum Gasteiger partial charge on any atom is -0.493 e. The Morgan fingerprint density at radius 1 is 1.04 bits per heavy atom. The number of thioether (sulfide) groups is 1. The number of rotatable bonds is 1. The number of hydrogen-bond donors (Lipinski definition) is 1. The first-order valence-electron chi connectivity index (χ1n) is 16.0. The highest BCUT2D eigenvalue weighted by Crippen LogP contribution is 2.36. The Hall–Kier alpha value is -4.25. The van der Waals surface area contributed by atoms with Crippen molar-refractivity contribution in [2.45, 2.75) is 50.9 Å². The summed E-state index contributed by atoms with van der Waals surface area (Å²) in [5, 5.41) is 25.1. The van der Waals surface area contributed by atoms with Gasteiger partial charge in [0.15, 0.2) is 0 Å². The Balaban J connectivity index is 1.41. The maximum atomic E-state index is 12.6. The number of hydrogen-bond acceptors (Lipinski definition) is 7. The Morgan fingerprint density at radius 2 is 1.85 bits per heavy atom. The molecule has 3 heterocycles. The van der Waals surface area contributed by atoms with Crippen molar-refractivity contribution in [3.63, 3.8) is 0 Å². The van der Waals surface area contributed by atoms with Gasteiger partial charge < -0.3 is 14.4 Å². The van der Waals surface area contributed by atoms with Crippen LogP contribution in [0, 0.1) is 13.8 Å². The van der Waals surface area contributed by atoms with Gasteiger partial charge in [0.05, 0.1) is 12.3 Å². The fraction of sp³-hybridized carbons (Fsp3) is 0.324. The van der Waals surface area contributed by atoms with E-state index >= 15 is 0 Å². The molecule has 8 bridgehead atoms. The van der Waals surface area contributed by atoms with Gasteiger partial charge >= 0.3 is 5.97 Å². The van der Waals surface area contributed by atoms with Crippen molar-refractivity contribution < 1.29 is 14.6 Å². The number of carbonyl (C=O) groups is 1. The van der Waals surface area contributed by atoms with Gasteiger partial charge in [-0.1, -0.05) is 29.3 Å². The number of aryl methyl sites for hydroxylation is 4. The Morgan fingerprint density at radius 3 is 2.65 bits per heavy atom. The molecule has 2 aromatic heterocycles. The van der Waals surface area contributed by atoms with Gasteiger partial charge in [-0.3, -0.25) is 14.6 Å². The van der Waals surface area contributed by atoms with E-state index in [0.29, 0.717) is 43.2 Å². The fourth-order valence-corrected chi connectivity index (χ4v) is 7.48. The van der Waals surface area contributed by atoms with E-state index in [4.69, 9.17) is 21.4 Å². The number of aromatic carboxylic acids is 1. The van der Waals surface area contributed by atoms with Gasteiger partial charge in [0.1, 0.15) is 11.4 Å². The van der Waals surface area contributed by atoms with E-state index in [1.54, 1.807) is 16.8 Å². The van der Waals surface area contributed by atoms with Crippen molar-refractivity contribution in [1.82, 2.24) is 24.3 Å². The fourth-order valence-electron chi connectivity index (χ4n) is 6.28. The van der Waals surface area contributed by atoms with Crippen molar-refractivity contribution in [1.29, 1.82) is 0 Å². The third-order valence-corrected chi connectivity index (χ3v) is 10.2. The van der Waals surface area contributed by atoms with Crippen LogP contribution in [0.2, 0.25) is 5.02 Å². The highest BCUT2D eigenvalue weighted by Gasteiger charge is 2.23. The van der Waals surface area contributed by atoms with Crippen molar-refractivity contribution in [2.75, 3.05) is 27.2 Å². The highest BCUT2D eigenvalue weighted by atomic mass is 35.5. The molecule has 5 aromatic rings. The highest BCUT2D eigenvalue weighted by molar-refractivity contribution is 7.98. The third kappa shape index (κ3) is 6.97. The van der Waals surface area contributed by atoms with Crippen LogP contribution in [0.1, 0.15) is 51.9 Å². The number of halogens is 1. The van der Waals surface area contributed by atoms with Crippen LogP contribution in [0.15, 0.2) is 64.2 Å². The van der Waals surface area contributed by atoms with E-state index in [2.05, 4.69) is 53.3 Å². The van der Waals surface area contributed by atoms with Crippen molar-refractivity contribution in [2.24, 2.45) is 12.1 Å². The molecule has 1 N–H and O–H groups in total. The standard InChI is InChI=1S/C37H41ClN6O3S/c1-23-8-9-26-18-29-20-34(30(26)16-23)47-15-7-13-44-33-11-10-32(38)31(35(33)25(3)36(44)37(45)46)17-24(2)42(5)39-12-14-41(4)21-27-19-28(22-48-29)43(6)40-27/h8-12,16-20H,7,13-15,21-22H2,1-6H3,(H,45,46)/b24-17+,39-12+. The summed E-state index contributed by atoms with van der Waals surface area (Å²) >= 11 is 8.54. The van der Waals surface area contributed by atoms with Gasteiger partial charge in [-0.25, -0.2) is 4.79 Å². The Kier molecular flexibility index (Phi) is 9.87. The van der Waals surface area contributed by atoms with Crippen LogP contribution in [0.5, 0.6) is 5.75 Å². The topological polar surface area (TPSA) is 88.1 Å². The predicted molar refractivity (Wildman–Crippen MR) is 196 cm³/mol. The largest absolute Gasteiger partial charge is 0.493 e. The second kappa shape index (κ2) is 14.1. The number of carboxylic acids is 1. The van der Waals surface area contributed by atoms with Crippen LogP contribution in [-0.2, 0) is 25.9 Å². The zero-order chi connectivity index (χ0) is 34.1. The molecule has 48 heavy (non-hydrogen) atoms. The van der Waals surface area contributed by atoms with Crippen LogP contribution < -0.4 is 4.74 Å². The summed E-state index contributed by atoms with van der Waals surface area (Å²) in [6, 6.07) is 16.7. The molecule has 0 spiro atoms. The molecule has 3 aromatic carbocycles. The Labute approximate surface area is 290 Å². The first-order chi connectivity index (χ1) is 23.0. The summed E-state index contributed by atoms with van der Waals surface area (Å²) in [4.78, 5) is 15.9. The van der Waals surface area contributed by atoms with E-state index in [9.17, 15) is 9.90 Å². The minimum absolute atomic E-state index is 0.261. The van der Waals surface area contributed by atoms with Crippen LogP contribution >= 0.6 is 23.4 Å². The molecule has 9 nitrogen and oxygen atoms in total. The number of aromatic nitrogens is 3. The maximum absolute atomic E-state index is 12.6. The summed E-state index contributed by atoms with van der Waals surface area (Å²) in [5.41, 5.74) is 6.72. The van der Waals surface area contributed by atoms with Gasteiger partial charge in [0.2, 0.25) is 0 Å². The molecule has 6 rings (SSSR count). The van der Waals surface area contributed by atoms with Gasteiger partial charge in [0, 0.05) is 88.9 Å². The van der Waals surface area contributed by atoms with E-state index in [0.717, 1.165) is 66.3 Å². The van der Waals surface area contributed by atoms with Gasteiger partial charge in [-0.15, -0.1) is 11.8 Å². The summed E-state index contributed by atoms with van der Waals surface area (Å²) in [5.74, 6) is 0.626. The lowest BCUT2D eigenvalue weighted by atomic mass is 10.0. The monoisotopic (exact) mass is 684 g/mol. The second-order valence-electron chi connectivity index (χ2n) is 12.5. The smallest absolute Gasteiger partial charge is 0.352 e. The normalized spacial score (nSPS) is 17.2. The SMILES string of the molecule is C/C1=C\c2c(Cl)ccc3c2c(C)c(C(=O)O)n3CCCOc2cc(cc3ccc(C)cc23)SCc2cc(nn2C)CN(C)C/C=N/N1C. The molecule has 1 aliphatic heterocycles. The Bertz CT molecular complexity index is 2080. The van der Waals surface area contributed by atoms with Gasteiger partial charge in [0.25, 0.3) is 0 Å². The molecular formula is C37H41ClN6O3S. The predicted octanol–water partition coefficient (Wildman–Crippen LogP) is 7.98. The van der Waals surface area contributed by atoms with Gasteiger partial charge in [-0.2, -0.15) is 10.2 Å². The van der Waals surface area contributed by atoms with Crippen molar-refractivity contribution >= 4 is 63.3 Å². The molecule has 0 radical (unpaired) electrons. The average molecular weight is 685 g/mol. The first-order valence-corrected chi connectivity index (χ1v) is 17.4. The molecule has 0 atom stereocenters. The molecule has 250 valence electrons. The minimum atomic E-state index is -0.970. The summed E-state index contributed by atoms with van der Waals surface area (Å²) in [6.07, 6.45) is 4.47. The molecule has 0 saturated heterocycles. The molecule has 0 aliphatic carbocycles. The zero-order valence-electron chi connectivity index (χ0n) is 28.2. The lowest BCUT2D eigenvalue weighted by Crippen LogP contribution is -2.21. The average Bonchev–Trinajstić information content (AvgIpc) is 3.53. The lowest BCUT2D eigenvalue weighted by molar-refractivity contribution is 0.0684. The van der Waals surface area contributed by atoms with E-state index in [1.807, 2.05) is 68.7 Å². The van der Waals surface area contributed by atoms with Crippen LogP contribution in [0.25, 0.3) is 27.8 Å². The van der Waals surface area contributed by atoms with E-state index < -0.39 is 5.97 Å². The van der Waals surface area contributed by atoms with Gasteiger partial charge in [-0.05, 0) is 87.7 Å².